The standard InChI is InChI=1S/C19H27F3N2O6S/c1-17(2,3)30-16(25)24-11-14(28-18(4,5)12-24)10-23-31(26,27)15-8-6-13(7-9-15)29-19(20,21)22/h6-9,14,23H,10-12H2,1-5H3. The van der Waals surface area contributed by atoms with Crippen molar-refractivity contribution in [3.05, 3.63) is 24.3 Å². The van der Waals surface area contributed by atoms with Crippen molar-refractivity contribution in [2.24, 2.45) is 0 Å². The lowest BCUT2D eigenvalue weighted by Gasteiger charge is -2.42. The Kier molecular flexibility index (Phi) is 7.18. The smallest absolute Gasteiger partial charge is 0.444 e. The zero-order chi connectivity index (χ0) is 23.7. The quantitative estimate of drug-likeness (QED) is 0.713. The number of hydrogen-bond donors (Lipinski definition) is 1. The van der Waals surface area contributed by atoms with E-state index in [0.29, 0.717) is 0 Å². The van der Waals surface area contributed by atoms with Gasteiger partial charge in [-0.25, -0.2) is 17.9 Å². The predicted molar refractivity (Wildman–Crippen MR) is 105 cm³/mol. The number of carbonyl (C=O) groups is 1. The molecule has 1 aromatic rings. The molecule has 0 aliphatic carbocycles. The molecule has 12 heteroatoms. The first-order valence-electron chi connectivity index (χ1n) is 9.47. The number of ether oxygens (including phenoxy) is 3. The molecule has 1 fully saturated rings. The predicted octanol–water partition coefficient (Wildman–Crippen LogP) is 3.28. The van der Waals surface area contributed by atoms with Crippen molar-refractivity contribution in [3.8, 4) is 5.75 Å². The second-order valence-corrected chi connectivity index (χ2v) is 10.5. The van der Waals surface area contributed by atoms with Crippen LogP contribution in [0, 0.1) is 0 Å². The summed E-state index contributed by atoms with van der Waals surface area (Å²) < 4.78 is 79.1. The summed E-state index contributed by atoms with van der Waals surface area (Å²) in [5.74, 6) is -0.531. The Hall–Kier alpha value is -2.05. The van der Waals surface area contributed by atoms with E-state index in [1.54, 1.807) is 34.6 Å². The number of nitrogens with zero attached hydrogens (tertiary/aromatic N) is 1. The molecule has 1 N–H and O–H groups in total. The summed E-state index contributed by atoms with van der Waals surface area (Å²) in [6.07, 6.45) is -6.06. The van der Waals surface area contributed by atoms with E-state index in [-0.39, 0.29) is 24.5 Å². The fraction of sp³-hybridized carbons (Fsp3) is 0.632. The summed E-state index contributed by atoms with van der Waals surface area (Å²) in [4.78, 5) is 13.6. The Morgan fingerprint density at radius 1 is 1.23 bits per heavy atom. The zero-order valence-electron chi connectivity index (χ0n) is 17.9. The van der Waals surface area contributed by atoms with Crippen molar-refractivity contribution >= 4 is 16.1 Å². The Bertz CT molecular complexity index is 879. The summed E-state index contributed by atoms with van der Waals surface area (Å²) in [6, 6.07) is 3.82. The summed E-state index contributed by atoms with van der Waals surface area (Å²) in [5.41, 5.74) is -1.42. The highest BCUT2D eigenvalue weighted by Crippen LogP contribution is 2.25. The van der Waals surface area contributed by atoms with Gasteiger partial charge in [-0.15, -0.1) is 13.2 Å². The molecule has 1 aliphatic heterocycles. The van der Waals surface area contributed by atoms with Gasteiger partial charge in [0, 0.05) is 6.54 Å². The Morgan fingerprint density at radius 3 is 2.32 bits per heavy atom. The number of morpholine rings is 1. The molecule has 0 aromatic heterocycles. The number of nitrogens with one attached hydrogen (secondary N) is 1. The maximum Gasteiger partial charge on any atom is 0.573 e. The van der Waals surface area contributed by atoms with E-state index in [4.69, 9.17) is 9.47 Å². The minimum atomic E-state index is -4.87. The van der Waals surface area contributed by atoms with Crippen LogP contribution in [0.5, 0.6) is 5.75 Å². The topological polar surface area (TPSA) is 94.2 Å². The van der Waals surface area contributed by atoms with Crippen molar-refractivity contribution in [2.75, 3.05) is 19.6 Å². The van der Waals surface area contributed by atoms with Crippen LogP contribution in [0.25, 0.3) is 0 Å². The normalized spacial score (nSPS) is 19.7. The molecule has 1 heterocycles. The number of rotatable bonds is 5. The fourth-order valence-corrected chi connectivity index (χ4v) is 4.04. The first kappa shape index (κ1) is 25.2. The largest absolute Gasteiger partial charge is 0.573 e. The minimum absolute atomic E-state index is 0.110. The molecule has 1 saturated heterocycles. The van der Waals surface area contributed by atoms with Gasteiger partial charge in [0.1, 0.15) is 11.4 Å². The number of benzene rings is 1. The maximum absolute atomic E-state index is 12.5. The highest BCUT2D eigenvalue weighted by Gasteiger charge is 2.38. The first-order chi connectivity index (χ1) is 14.0. The molecule has 176 valence electrons. The Morgan fingerprint density at radius 2 is 1.81 bits per heavy atom. The van der Waals surface area contributed by atoms with E-state index in [2.05, 4.69) is 9.46 Å². The highest BCUT2D eigenvalue weighted by molar-refractivity contribution is 7.89. The SMILES string of the molecule is CC(C)(C)OC(=O)N1CC(CNS(=O)(=O)c2ccc(OC(F)(F)F)cc2)OC(C)(C)C1. The van der Waals surface area contributed by atoms with Crippen LogP contribution >= 0.6 is 0 Å². The molecule has 0 spiro atoms. The number of carbonyl (C=O) groups excluding carboxylic acids is 1. The molecule has 0 saturated carbocycles. The van der Waals surface area contributed by atoms with Gasteiger partial charge in [-0.2, -0.15) is 0 Å². The van der Waals surface area contributed by atoms with Crippen molar-refractivity contribution in [2.45, 2.75) is 63.2 Å². The number of alkyl halides is 3. The van der Waals surface area contributed by atoms with Gasteiger partial charge in [0.2, 0.25) is 10.0 Å². The molecule has 0 radical (unpaired) electrons. The number of hydrogen-bond acceptors (Lipinski definition) is 6. The first-order valence-corrected chi connectivity index (χ1v) is 11.0. The maximum atomic E-state index is 12.5. The van der Waals surface area contributed by atoms with Crippen LogP contribution in [0.15, 0.2) is 29.2 Å². The summed E-state index contributed by atoms with van der Waals surface area (Å²) in [5, 5.41) is 0. The van der Waals surface area contributed by atoms with Crippen molar-refractivity contribution in [3.63, 3.8) is 0 Å². The second kappa shape index (κ2) is 8.83. The van der Waals surface area contributed by atoms with Gasteiger partial charge in [0.05, 0.1) is 29.7 Å². The van der Waals surface area contributed by atoms with E-state index < -0.39 is 45.5 Å². The Balaban J connectivity index is 2.03. The lowest BCUT2D eigenvalue weighted by Crippen LogP contribution is -2.57. The van der Waals surface area contributed by atoms with Gasteiger partial charge >= 0.3 is 12.5 Å². The minimum Gasteiger partial charge on any atom is -0.444 e. The highest BCUT2D eigenvalue weighted by atomic mass is 32.2. The van der Waals surface area contributed by atoms with Crippen LogP contribution in [0.4, 0.5) is 18.0 Å². The van der Waals surface area contributed by atoms with Gasteiger partial charge in [-0.1, -0.05) is 0 Å². The molecule has 2 rings (SSSR count). The fourth-order valence-electron chi connectivity index (χ4n) is 2.97. The van der Waals surface area contributed by atoms with Crippen LogP contribution in [0.2, 0.25) is 0 Å². The molecule has 1 unspecified atom stereocenters. The zero-order valence-corrected chi connectivity index (χ0v) is 18.8. The van der Waals surface area contributed by atoms with Crippen LogP contribution in [0.3, 0.4) is 0 Å². The average molecular weight is 468 g/mol. The number of amides is 1. The molecule has 31 heavy (non-hydrogen) atoms. The monoisotopic (exact) mass is 468 g/mol. The third-order valence-corrected chi connectivity index (χ3v) is 5.44. The Labute approximate surface area is 179 Å². The van der Waals surface area contributed by atoms with Gasteiger partial charge in [0.25, 0.3) is 0 Å². The molecular weight excluding hydrogens is 441 g/mol. The van der Waals surface area contributed by atoms with Crippen molar-refractivity contribution in [1.29, 1.82) is 0 Å². The lowest BCUT2D eigenvalue weighted by atomic mass is 10.1. The van der Waals surface area contributed by atoms with Crippen molar-refractivity contribution < 1.29 is 40.6 Å². The second-order valence-electron chi connectivity index (χ2n) is 8.73. The van der Waals surface area contributed by atoms with Crippen LogP contribution in [-0.4, -0.2) is 62.7 Å². The van der Waals surface area contributed by atoms with Crippen molar-refractivity contribution in [1.82, 2.24) is 9.62 Å². The molecule has 1 atom stereocenters. The van der Waals surface area contributed by atoms with Gasteiger partial charge < -0.3 is 19.1 Å². The van der Waals surface area contributed by atoms with Gasteiger partial charge in [-0.3, -0.25) is 0 Å². The van der Waals surface area contributed by atoms with E-state index in [1.165, 1.54) is 4.90 Å². The third kappa shape index (κ3) is 8.19. The number of sulfonamides is 1. The molecule has 0 bridgehead atoms. The summed E-state index contributed by atoms with van der Waals surface area (Å²) in [7, 11) is -4.03. The summed E-state index contributed by atoms with van der Waals surface area (Å²) in [6.45, 7) is 9.00. The molecule has 8 nitrogen and oxygen atoms in total. The molecule has 1 aromatic carbocycles. The average Bonchev–Trinajstić information content (AvgIpc) is 2.56. The van der Waals surface area contributed by atoms with Crippen LogP contribution < -0.4 is 9.46 Å². The van der Waals surface area contributed by atoms with Gasteiger partial charge in [0.15, 0.2) is 0 Å². The molecule has 1 amide bonds. The lowest BCUT2D eigenvalue weighted by molar-refractivity contribution is -0.274. The van der Waals surface area contributed by atoms with Gasteiger partial charge in [-0.05, 0) is 58.9 Å². The van der Waals surface area contributed by atoms with Crippen LogP contribution in [0.1, 0.15) is 34.6 Å². The van der Waals surface area contributed by atoms with Crippen LogP contribution in [-0.2, 0) is 19.5 Å². The number of halogens is 3. The molecule has 1 aliphatic rings. The third-order valence-electron chi connectivity index (χ3n) is 4.00. The molecular formula is C19H27F3N2O6S. The summed E-state index contributed by atoms with van der Waals surface area (Å²) >= 11 is 0. The van der Waals surface area contributed by atoms with E-state index in [0.717, 1.165) is 24.3 Å². The van der Waals surface area contributed by atoms with E-state index in [9.17, 15) is 26.4 Å². The van der Waals surface area contributed by atoms with E-state index >= 15 is 0 Å². The van der Waals surface area contributed by atoms with E-state index in [1.807, 2.05) is 0 Å².